The molecule has 2 bridgehead atoms. The number of fused-ring (bicyclic) bond motifs is 2. The second-order valence-corrected chi connectivity index (χ2v) is 4.35. The van der Waals surface area contributed by atoms with E-state index < -0.39 is 17.8 Å². The number of hydrogen-bond acceptors (Lipinski definition) is 3. The van der Waals surface area contributed by atoms with Gasteiger partial charge in [-0.1, -0.05) is 12.2 Å². The lowest BCUT2D eigenvalue weighted by molar-refractivity contribution is -0.147. The van der Waals surface area contributed by atoms with Crippen LogP contribution < -0.4 is 5.32 Å². The Balaban J connectivity index is 2.10. The molecule has 0 radical (unpaired) electrons. The first-order valence-electron chi connectivity index (χ1n) is 5.45. The lowest BCUT2D eigenvalue weighted by atomic mass is 9.82. The van der Waals surface area contributed by atoms with Gasteiger partial charge in [0.05, 0.1) is 18.4 Å². The first-order valence-corrected chi connectivity index (χ1v) is 5.45. The van der Waals surface area contributed by atoms with E-state index in [-0.39, 0.29) is 30.9 Å². The van der Waals surface area contributed by atoms with E-state index in [0.29, 0.717) is 0 Å². The Kier molecular flexibility index (Phi) is 2.96. The Bertz CT molecular complexity index is 339. The monoisotopic (exact) mass is 225 g/mol. The van der Waals surface area contributed by atoms with Crippen LogP contribution in [-0.2, 0) is 9.59 Å². The molecule has 0 aromatic rings. The Labute approximate surface area is 93.1 Å². The van der Waals surface area contributed by atoms with Gasteiger partial charge in [-0.15, -0.1) is 0 Å². The van der Waals surface area contributed by atoms with Crippen LogP contribution in [0.25, 0.3) is 0 Å². The van der Waals surface area contributed by atoms with Crippen molar-refractivity contribution in [3.63, 3.8) is 0 Å². The first-order chi connectivity index (χ1) is 7.65. The average Bonchev–Trinajstić information content (AvgIpc) is 2.84. The molecule has 2 aliphatic carbocycles. The summed E-state index contributed by atoms with van der Waals surface area (Å²) < 4.78 is 0. The van der Waals surface area contributed by atoms with Gasteiger partial charge < -0.3 is 15.5 Å². The molecule has 0 saturated heterocycles. The fourth-order valence-corrected chi connectivity index (χ4v) is 2.81. The number of rotatable bonds is 4. The molecule has 1 saturated carbocycles. The van der Waals surface area contributed by atoms with E-state index >= 15 is 0 Å². The number of hydrogen-bond donors (Lipinski definition) is 3. The summed E-state index contributed by atoms with van der Waals surface area (Å²) in [6.07, 6.45) is 4.60. The Morgan fingerprint density at radius 2 is 1.88 bits per heavy atom. The lowest BCUT2D eigenvalue weighted by Crippen LogP contribution is -2.41. The zero-order chi connectivity index (χ0) is 11.7. The summed E-state index contributed by atoms with van der Waals surface area (Å²) in [4.78, 5) is 22.9. The van der Waals surface area contributed by atoms with E-state index in [1.165, 1.54) is 0 Å². The lowest BCUT2D eigenvalue weighted by Gasteiger charge is -2.23. The maximum absolute atomic E-state index is 11.8. The number of nitrogens with one attached hydrogen (secondary N) is 1. The highest BCUT2D eigenvalue weighted by molar-refractivity contribution is 5.86. The van der Waals surface area contributed by atoms with Crippen LogP contribution in [0.1, 0.15) is 6.42 Å². The number of amides is 1. The van der Waals surface area contributed by atoms with Crippen LogP contribution in [0.2, 0.25) is 0 Å². The van der Waals surface area contributed by atoms with Crippen LogP contribution in [0, 0.1) is 23.7 Å². The standard InChI is InChI=1S/C11H15NO4/c13-4-3-12-10(14)8-6-1-2-7(5-6)9(8)11(15)16/h1-2,6-9,13H,3-5H2,(H,12,14)(H,15,16)/t6-,7+,8-,9+/m1/s1. The summed E-state index contributed by atoms with van der Waals surface area (Å²) >= 11 is 0. The van der Waals surface area contributed by atoms with E-state index in [4.69, 9.17) is 10.2 Å². The molecule has 2 rings (SSSR count). The fourth-order valence-electron chi connectivity index (χ4n) is 2.81. The highest BCUT2D eigenvalue weighted by Gasteiger charge is 2.51. The van der Waals surface area contributed by atoms with Crippen molar-refractivity contribution in [2.45, 2.75) is 6.42 Å². The molecule has 3 N–H and O–H groups in total. The third-order valence-electron chi connectivity index (χ3n) is 3.46. The zero-order valence-corrected chi connectivity index (χ0v) is 8.80. The molecule has 0 aliphatic heterocycles. The van der Waals surface area contributed by atoms with Crippen LogP contribution in [0.15, 0.2) is 12.2 Å². The number of carbonyl (C=O) groups is 2. The fraction of sp³-hybridized carbons (Fsp3) is 0.636. The number of carboxylic acids is 1. The van der Waals surface area contributed by atoms with Crippen molar-refractivity contribution >= 4 is 11.9 Å². The topological polar surface area (TPSA) is 86.6 Å². The highest BCUT2D eigenvalue weighted by Crippen LogP contribution is 2.48. The molecule has 1 amide bonds. The van der Waals surface area contributed by atoms with Crippen molar-refractivity contribution in [3.05, 3.63) is 12.2 Å². The number of aliphatic hydroxyl groups is 1. The second-order valence-electron chi connectivity index (χ2n) is 4.35. The van der Waals surface area contributed by atoms with Gasteiger partial charge in [0.25, 0.3) is 0 Å². The van der Waals surface area contributed by atoms with Gasteiger partial charge in [0, 0.05) is 6.54 Å². The van der Waals surface area contributed by atoms with Crippen LogP contribution in [0.5, 0.6) is 0 Å². The summed E-state index contributed by atoms with van der Waals surface area (Å²) in [5.41, 5.74) is 0. The summed E-state index contributed by atoms with van der Waals surface area (Å²) in [6.45, 7) is 0.0584. The number of aliphatic carboxylic acids is 1. The molecular formula is C11H15NO4. The molecule has 2 aliphatic rings. The summed E-state index contributed by atoms with van der Waals surface area (Å²) in [5, 5.41) is 20.3. The predicted molar refractivity (Wildman–Crippen MR) is 55.4 cm³/mol. The molecule has 0 aromatic heterocycles. The molecule has 16 heavy (non-hydrogen) atoms. The zero-order valence-electron chi connectivity index (χ0n) is 8.80. The quantitative estimate of drug-likeness (QED) is 0.569. The smallest absolute Gasteiger partial charge is 0.307 e. The number of carbonyl (C=O) groups excluding carboxylic acids is 1. The van der Waals surface area contributed by atoms with Crippen LogP contribution >= 0.6 is 0 Å². The van der Waals surface area contributed by atoms with E-state index in [0.717, 1.165) is 6.42 Å². The van der Waals surface area contributed by atoms with Gasteiger partial charge in [-0.25, -0.2) is 0 Å². The minimum Gasteiger partial charge on any atom is -0.481 e. The van der Waals surface area contributed by atoms with Gasteiger partial charge in [-0.05, 0) is 18.3 Å². The van der Waals surface area contributed by atoms with Crippen molar-refractivity contribution in [3.8, 4) is 0 Å². The molecule has 0 unspecified atom stereocenters. The number of aliphatic hydroxyl groups excluding tert-OH is 1. The van der Waals surface area contributed by atoms with Gasteiger partial charge in [0.2, 0.25) is 5.91 Å². The van der Waals surface area contributed by atoms with Crippen LogP contribution in [-0.4, -0.2) is 35.2 Å². The first kappa shape index (κ1) is 11.1. The van der Waals surface area contributed by atoms with E-state index in [9.17, 15) is 9.59 Å². The Morgan fingerprint density at radius 1 is 1.25 bits per heavy atom. The predicted octanol–water partition coefficient (Wildman–Crippen LogP) is -0.382. The largest absolute Gasteiger partial charge is 0.481 e. The minimum atomic E-state index is -0.902. The van der Waals surface area contributed by atoms with E-state index in [1.54, 1.807) is 0 Å². The summed E-state index contributed by atoms with van der Waals surface area (Å²) in [6, 6.07) is 0. The van der Waals surface area contributed by atoms with Gasteiger partial charge in [-0.3, -0.25) is 9.59 Å². The van der Waals surface area contributed by atoms with Crippen LogP contribution in [0.3, 0.4) is 0 Å². The molecule has 5 heteroatoms. The van der Waals surface area contributed by atoms with Crippen molar-refractivity contribution < 1.29 is 19.8 Å². The van der Waals surface area contributed by atoms with E-state index in [2.05, 4.69) is 5.32 Å². The molecule has 5 nitrogen and oxygen atoms in total. The van der Waals surface area contributed by atoms with Crippen molar-refractivity contribution in [2.75, 3.05) is 13.2 Å². The van der Waals surface area contributed by atoms with Gasteiger partial charge in [0.15, 0.2) is 0 Å². The Hall–Kier alpha value is -1.36. The maximum atomic E-state index is 11.8. The normalized spacial score (nSPS) is 35.3. The SMILES string of the molecule is O=C(O)[C@@H]1[C@H](C(=O)NCCO)[C@@H]2C=C[C@H]1C2. The summed E-state index contributed by atoms with van der Waals surface area (Å²) in [7, 11) is 0. The van der Waals surface area contributed by atoms with E-state index in [1.807, 2.05) is 12.2 Å². The molecule has 1 fully saturated rings. The third-order valence-corrected chi connectivity index (χ3v) is 3.46. The third kappa shape index (κ3) is 1.71. The molecule has 0 spiro atoms. The number of allylic oxidation sites excluding steroid dienone is 2. The molecule has 0 heterocycles. The van der Waals surface area contributed by atoms with Crippen LogP contribution in [0.4, 0.5) is 0 Å². The van der Waals surface area contributed by atoms with Crippen molar-refractivity contribution in [1.29, 1.82) is 0 Å². The van der Waals surface area contributed by atoms with Crippen molar-refractivity contribution in [2.24, 2.45) is 23.7 Å². The molecule has 88 valence electrons. The Morgan fingerprint density at radius 3 is 2.44 bits per heavy atom. The van der Waals surface area contributed by atoms with Gasteiger partial charge in [0.1, 0.15) is 0 Å². The summed E-state index contributed by atoms with van der Waals surface area (Å²) in [5.74, 6) is -2.19. The van der Waals surface area contributed by atoms with Crippen molar-refractivity contribution in [1.82, 2.24) is 5.32 Å². The maximum Gasteiger partial charge on any atom is 0.307 e. The van der Waals surface area contributed by atoms with Gasteiger partial charge >= 0.3 is 5.97 Å². The second kappa shape index (κ2) is 4.25. The highest BCUT2D eigenvalue weighted by atomic mass is 16.4. The number of carboxylic acid groups (broad SMARTS) is 1. The minimum absolute atomic E-state index is 0.00706. The van der Waals surface area contributed by atoms with Gasteiger partial charge in [-0.2, -0.15) is 0 Å². The molecule has 0 aromatic carbocycles. The average molecular weight is 225 g/mol. The molecular weight excluding hydrogens is 210 g/mol. The molecule has 4 atom stereocenters.